The van der Waals surface area contributed by atoms with Crippen molar-refractivity contribution < 1.29 is 4.79 Å². The molecule has 11 heavy (non-hydrogen) atoms. The molecule has 1 fully saturated rings. The highest BCUT2D eigenvalue weighted by Crippen LogP contribution is 2.39. The maximum Gasteiger partial charge on any atom is 0.159 e. The van der Waals surface area contributed by atoms with E-state index in [9.17, 15) is 4.79 Å². The summed E-state index contributed by atoms with van der Waals surface area (Å²) in [6, 6.07) is 0. The van der Waals surface area contributed by atoms with Crippen molar-refractivity contribution in [3.05, 3.63) is 12.2 Å². The monoisotopic (exact) mass is 150 g/mol. The molecule has 0 bridgehead atoms. The van der Waals surface area contributed by atoms with Crippen LogP contribution in [0.4, 0.5) is 0 Å². The van der Waals surface area contributed by atoms with Crippen molar-refractivity contribution in [2.45, 2.75) is 26.2 Å². The molecule has 1 nitrogen and oxygen atoms in total. The fourth-order valence-electron chi connectivity index (χ4n) is 2.43. The molecule has 0 aliphatic heterocycles. The van der Waals surface area contributed by atoms with Gasteiger partial charge in [0.2, 0.25) is 0 Å². The van der Waals surface area contributed by atoms with E-state index in [0.29, 0.717) is 17.6 Å². The van der Waals surface area contributed by atoms with Gasteiger partial charge in [0.05, 0.1) is 0 Å². The summed E-state index contributed by atoms with van der Waals surface area (Å²) < 4.78 is 0. The van der Waals surface area contributed by atoms with Crippen LogP contribution in [-0.2, 0) is 4.79 Å². The number of carbonyl (C=O) groups excluding carboxylic acids is 1. The fraction of sp³-hybridized carbons (Fsp3) is 0.700. The first-order chi connectivity index (χ1) is 5.29. The van der Waals surface area contributed by atoms with Gasteiger partial charge in [-0.15, -0.1) is 0 Å². The van der Waals surface area contributed by atoms with Gasteiger partial charge >= 0.3 is 0 Å². The van der Waals surface area contributed by atoms with E-state index < -0.39 is 0 Å². The Bertz CT molecular complexity index is 205. The highest BCUT2D eigenvalue weighted by Gasteiger charge is 2.35. The van der Waals surface area contributed by atoms with Crippen molar-refractivity contribution in [3.8, 4) is 0 Å². The number of rotatable bonds is 0. The molecule has 3 unspecified atom stereocenters. The lowest BCUT2D eigenvalue weighted by atomic mass is 9.74. The fourth-order valence-corrected chi connectivity index (χ4v) is 2.43. The summed E-state index contributed by atoms with van der Waals surface area (Å²) in [5.74, 6) is 2.05. The number of fused-ring (bicyclic) bond motifs is 1. The molecule has 0 aromatic carbocycles. The minimum atomic E-state index is 0.360. The van der Waals surface area contributed by atoms with E-state index in [-0.39, 0.29) is 0 Å². The Balaban J connectivity index is 2.18. The van der Waals surface area contributed by atoms with Gasteiger partial charge in [-0.1, -0.05) is 25.8 Å². The molecule has 2 rings (SSSR count). The van der Waals surface area contributed by atoms with Gasteiger partial charge in [-0.3, -0.25) is 4.79 Å². The first kappa shape index (κ1) is 7.08. The Labute approximate surface area is 67.5 Å². The maximum absolute atomic E-state index is 11.3. The average Bonchev–Trinajstić information content (AvgIpc) is 2.35. The summed E-state index contributed by atoms with van der Waals surface area (Å²) >= 11 is 0. The van der Waals surface area contributed by atoms with Crippen LogP contribution in [0.15, 0.2) is 12.2 Å². The zero-order valence-corrected chi connectivity index (χ0v) is 6.92. The second-order valence-electron chi connectivity index (χ2n) is 3.85. The second kappa shape index (κ2) is 2.47. The Kier molecular flexibility index (Phi) is 1.59. The van der Waals surface area contributed by atoms with Crippen LogP contribution in [0.5, 0.6) is 0 Å². The van der Waals surface area contributed by atoms with Gasteiger partial charge in [0.25, 0.3) is 0 Å². The van der Waals surface area contributed by atoms with Crippen LogP contribution in [0.25, 0.3) is 0 Å². The number of allylic oxidation sites excluding steroid dienone is 2. The molecule has 0 heterocycles. The average molecular weight is 150 g/mol. The van der Waals surface area contributed by atoms with Gasteiger partial charge in [0.1, 0.15) is 0 Å². The molecule has 60 valence electrons. The lowest BCUT2D eigenvalue weighted by Crippen LogP contribution is -2.25. The minimum absolute atomic E-state index is 0.360. The maximum atomic E-state index is 11.3. The van der Waals surface area contributed by atoms with E-state index in [0.717, 1.165) is 12.3 Å². The van der Waals surface area contributed by atoms with Crippen molar-refractivity contribution in [1.29, 1.82) is 0 Å². The number of hydrogen-bond acceptors (Lipinski definition) is 1. The molecule has 0 aromatic heterocycles. The van der Waals surface area contributed by atoms with Crippen LogP contribution in [0.2, 0.25) is 0 Å². The van der Waals surface area contributed by atoms with Crippen LogP contribution in [0.1, 0.15) is 26.2 Å². The van der Waals surface area contributed by atoms with E-state index in [4.69, 9.17) is 0 Å². The summed E-state index contributed by atoms with van der Waals surface area (Å²) in [5.41, 5.74) is 0. The molecule has 0 amide bonds. The van der Waals surface area contributed by atoms with Crippen molar-refractivity contribution in [1.82, 2.24) is 0 Å². The third kappa shape index (κ3) is 1.03. The van der Waals surface area contributed by atoms with Crippen LogP contribution in [-0.4, -0.2) is 5.78 Å². The second-order valence-corrected chi connectivity index (χ2v) is 3.85. The van der Waals surface area contributed by atoms with Gasteiger partial charge in [-0.05, 0) is 24.3 Å². The van der Waals surface area contributed by atoms with Crippen LogP contribution in [0.3, 0.4) is 0 Å². The molecular formula is C10H14O. The highest BCUT2D eigenvalue weighted by atomic mass is 16.1. The van der Waals surface area contributed by atoms with Gasteiger partial charge in [-0.2, -0.15) is 0 Å². The predicted octanol–water partition coefficient (Wildman–Crippen LogP) is 2.18. The van der Waals surface area contributed by atoms with E-state index >= 15 is 0 Å². The molecule has 0 spiro atoms. The molecule has 1 heteroatoms. The first-order valence-corrected chi connectivity index (χ1v) is 4.51. The Morgan fingerprint density at radius 2 is 2.27 bits per heavy atom. The summed E-state index contributed by atoms with van der Waals surface area (Å²) in [4.78, 5) is 11.3. The smallest absolute Gasteiger partial charge is 0.159 e. The van der Waals surface area contributed by atoms with E-state index in [1.165, 1.54) is 12.8 Å². The molecule has 0 radical (unpaired) electrons. The van der Waals surface area contributed by atoms with Crippen molar-refractivity contribution in [2.75, 3.05) is 0 Å². The predicted molar refractivity (Wildman–Crippen MR) is 44.1 cm³/mol. The summed E-state index contributed by atoms with van der Waals surface area (Å²) in [7, 11) is 0. The van der Waals surface area contributed by atoms with Crippen molar-refractivity contribution in [2.24, 2.45) is 17.8 Å². The van der Waals surface area contributed by atoms with Crippen molar-refractivity contribution >= 4 is 5.78 Å². The minimum Gasteiger partial charge on any atom is -0.295 e. The Hall–Kier alpha value is -0.590. The third-order valence-corrected chi connectivity index (χ3v) is 3.14. The van der Waals surface area contributed by atoms with Crippen molar-refractivity contribution in [3.63, 3.8) is 0 Å². The standard InChI is InChI=1S/C10H14O/c1-7-3-2-4-9-8(7)5-6-10(9)11/h5-9H,2-4H2,1H3. The van der Waals surface area contributed by atoms with E-state index in [2.05, 4.69) is 13.0 Å². The summed E-state index contributed by atoms with van der Waals surface area (Å²) in [6.45, 7) is 2.26. The Morgan fingerprint density at radius 1 is 1.45 bits per heavy atom. The lowest BCUT2D eigenvalue weighted by Gasteiger charge is -2.29. The van der Waals surface area contributed by atoms with Crippen LogP contribution >= 0.6 is 0 Å². The van der Waals surface area contributed by atoms with E-state index in [1.807, 2.05) is 0 Å². The molecule has 1 saturated carbocycles. The molecule has 2 aliphatic carbocycles. The van der Waals surface area contributed by atoms with Gasteiger partial charge in [-0.25, -0.2) is 0 Å². The first-order valence-electron chi connectivity index (χ1n) is 4.51. The largest absolute Gasteiger partial charge is 0.295 e. The summed E-state index contributed by atoms with van der Waals surface area (Å²) in [6.07, 6.45) is 7.59. The molecule has 0 aromatic rings. The quantitative estimate of drug-likeness (QED) is 0.517. The normalized spacial score (nSPS) is 42.6. The molecule has 3 atom stereocenters. The Morgan fingerprint density at radius 3 is 3.00 bits per heavy atom. The van der Waals surface area contributed by atoms with E-state index in [1.54, 1.807) is 6.08 Å². The summed E-state index contributed by atoms with van der Waals surface area (Å²) in [5, 5.41) is 0. The third-order valence-electron chi connectivity index (χ3n) is 3.14. The van der Waals surface area contributed by atoms with Gasteiger partial charge in [0.15, 0.2) is 5.78 Å². The van der Waals surface area contributed by atoms with Crippen LogP contribution < -0.4 is 0 Å². The molecule has 0 saturated heterocycles. The van der Waals surface area contributed by atoms with Gasteiger partial charge < -0.3 is 0 Å². The lowest BCUT2D eigenvalue weighted by molar-refractivity contribution is -0.119. The van der Waals surface area contributed by atoms with Gasteiger partial charge in [0, 0.05) is 5.92 Å². The topological polar surface area (TPSA) is 17.1 Å². The number of hydrogen-bond donors (Lipinski definition) is 0. The zero-order valence-electron chi connectivity index (χ0n) is 6.92. The molecular weight excluding hydrogens is 136 g/mol. The number of ketones is 1. The zero-order chi connectivity index (χ0) is 7.84. The SMILES string of the molecule is CC1CCCC2C(=O)C=CC12. The number of carbonyl (C=O) groups is 1. The molecule has 0 N–H and O–H groups in total. The molecule has 2 aliphatic rings. The highest BCUT2D eigenvalue weighted by molar-refractivity contribution is 5.94. The van der Waals surface area contributed by atoms with Crippen LogP contribution in [0, 0.1) is 17.8 Å².